The molecule has 2 heterocycles. The Hall–Kier alpha value is -6.09. The summed E-state index contributed by atoms with van der Waals surface area (Å²) in [5.41, 5.74) is 11.2. The van der Waals surface area contributed by atoms with Crippen molar-refractivity contribution in [3.05, 3.63) is 176 Å². The van der Waals surface area contributed by atoms with Gasteiger partial charge in [0.2, 0.25) is 0 Å². The SMILES string of the molecule is c1ccc2c(c1)Sc1ccc(-c3ccc(-c4ccc(-n5c6cc7ccccc7cc6c6cc7ccccc7cc65)cc4)cc3)c3cccc-2c13. The molecule has 11 rings (SSSR count). The van der Waals surface area contributed by atoms with Crippen LogP contribution in [0.4, 0.5) is 0 Å². The van der Waals surface area contributed by atoms with Gasteiger partial charge in [-0.3, -0.25) is 0 Å². The zero-order valence-electron chi connectivity index (χ0n) is 27.1. The van der Waals surface area contributed by atoms with Crippen LogP contribution in [0.2, 0.25) is 0 Å². The fourth-order valence-electron chi connectivity index (χ4n) is 8.14. The van der Waals surface area contributed by atoms with Crippen LogP contribution in [0.25, 0.3) is 93.2 Å². The number of fused-ring (bicyclic) bond motifs is 7. The predicted octanol–water partition coefficient (Wildman–Crippen LogP) is 13.7. The molecule has 0 radical (unpaired) electrons. The zero-order chi connectivity index (χ0) is 32.8. The third kappa shape index (κ3) is 4.16. The molecular formula is C48H29NS. The van der Waals surface area contributed by atoms with E-state index in [4.69, 9.17) is 0 Å². The van der Waals surface area contributed by atoms with Crippen LogP contribution in [0.3, 0.4) is 0 Å². The Labute approximate surface area is 294 Å². The van der Waals surface area contributed by atoms with Gasteiger partial charge in [0, 0.05) is 31.6 Å². The normalized spacial score (nSPS) is 12.3. The second kappa shape index (κ2) is 10.7. The minimum absolute atomic E-state index is 1.17. The third-order valence-electron chi connectivity index (χ3n) is 10.6. The minimum Gasteiger partial charge on any atom is -0.309 e. The lowest BCUT2D eigenvalue weighted by Crippen LogP contribution is -1.94. The number of aromatic nitrogens is 1. The molecule has 9 aromatic carbocycles. The molecule has 0 bridgehead atoms. The van der Waals surface area contributed by atoms with Gasteiger partial charge in [0.15, 0.2) is 0 Å². The van der Waals surface area contributed by atoms with Crippen molar-refractivity contribution in [3.63, 3.8) is 0 Å². The van der Waals surface area contributed by atoms with Crippen molar-refractivity contribution < 1.29 is 0 Å². The molecule has 232 valence electrons. The lowest BCUT2D eigenvalue weighted by Gasteiger charge is -2.21. The number of benzene rings is 9. The average molecular weight is 652 g/mol. The van der Waals surface area contributed by atoms with Crippen LogP contribution in [0.5, 0.6) is 0 Å². The van der Waals surface area contributed by atoms with Crippen molar-refractivity contribution in [1.29, 1.82) is 0 Å². The summed E-state index contributed by atoms with van der Waals surface area (Å²) >= 11 is 1.88. The van der Waals surface area contributed by atoms with Gasteiger partial charge in [0.1, 0.15) is 0 Å². The summed E-state index contributed by atoms with van der Waals surface area (Å²) in [6, 6.07) is 65.0. The van der Waals surface area contributed by atoms with Crippen LogP contribution < -0.4 is 0 Å². The van der Waals surface area contributed by atoms with Gasteiger partial charge in [-0.1, -0.05) is 139 Å². The van der Waals surface area contributed by atoms with Crippen molar-refractivity contribution in [2.45, 2.75) is 9.79 Å². The van der Waals surface area contributed by atoms with Crippen LogP contribution in [0.15, 0.2) is 186 Å². The number of hydrogen-bond donors (Lipinski definition) is 0. The molecule has 50 heavy (non-hydrogen) atoms. The maximum absolute atomic E-state index is 2.44. The van der Waals surface area contributed by atoms with E-state index in [9.17, 15) is 0 Å². The molecule has 0 spiro atoms. The van der Waals surface area contributed by atoms with Gasteiger partial charge < -0.3 is 4.57 Å². The molecule has 2 heteroatoms. The summed E-state index contributed by atoms with van der Waals surface area (Å²) in [5.74, 6) is 0. The lowest BCUT2D eigenvalue weighted by atomic mass is 9.92. The Morgan fingerprint density at radius 2 is 0.880 bits per heavy atom. The first-order chi connectivity index (χ1) is 24.8. The molecule has 0 amide bonds. The number of hydrogen-bond acceptors (Lipinski definition) is 1. The molecule has 0 saturated carbocycles. The maximum atomic E-state index is 2.44. The van der Waals surface area contributed by atoms with Gasteiger partial charge in [-0.25, -0.2) is 0 Å². The molecular weight excluding hydrogens is 623 g/mol. The zero-order valence-corrected chi connectivity index (χ0v) is 27.9. The largest absolute Gasteiger partial charge is 0.309 e. The first-order valence-corrected chi connectivity index (χ1v) is 18.0. The third-order valence-corrected chi connectivity index (χ3v) is 11.7. The molecule has 1 aliphatic heterocycles. The van der Waals surface area contributed by atoms with Gasteiger partial charge >= 0.3 is 0 Å². The first-order valence-electron chi connectivity index (χ1n) is 17.2. The van der Waals surface area contributed by atoms with Crippen molar-refractivity contribution in [2.75, 3.05) is 0 Å². The number of rotatable bonds is 3. The second-order valence-electron chi connectivity index (χ2n) is 13.3. The molecule has 0 saturated heterocycles. The molecule has 1 aliphatic rings. The fraction of sp³-hybridized carbons (Fsp3) is 0. The second-order valence-corrected chi connectivity index (χ2v) is 14.4. The lowest BCUT2D eigenvalue weighted by molar-refractivity contribution is 1.18. The standard InChI is InChI=1S/C48H29NS/c1-3-10-35-28-44-42(26-33(35)8-1)43-27-34-9-2-4-11-36(34)29-45(43)49(44)37-22-20-31(21-23-37)30-16-18-32(19-17-30)38-24-25-47-48-40(38)13-7-14-41(48)39-12-5-6-15-46(39)50-47/h1-29H. The fourth-order valence-corrected chi connectivity index (χ4v) is 9.27. The van der Waals surface area contributed by atoms with Crippen LogP contribution in [-0.2, 0) is 0 Å². The van der Waals surface area contributed by atoms with Gasteiger partial charge in [-0.15, -0.1) is 0 Å². The highest BCUT2D eigenvalue weighted by Crippen LogP contribution is 2.49. The van der Waals surface area contributed by atoms with Gasteiger partial charge in [0.25, 0.3) is 0 Å². The van der Waals surface area contributed by atoms with E-state index in [1.165, 1.54) is 103 Å². The van der Waals surface area contributed by atoms with Crippen LogP contribution in [0.1, 0.15) is 0 Å². The van der Waals surface area contributed by atoms with Crippen LogP contribution in [0, 0.1) is 0 Å². The topological polar surface area (TPSA) is 4.93 Å². The molecule has 1 aromatic heterocycles. The summed E-state index contributed by atoms with van der Waals surface area (Å²) < 4.78 is 2.44. The summed E-state index contributed by atoms with van der Waals surface area (Å²) in [4.78, 5) is 2.66. The van der Waals surface area contributed by atoms with E-state index in [1.807, 2.05) is 11.8 Å². The summed E-state index contributed by atoms with van der Waals surface area (Å²) in [6.45, 7) is 0. The molecule has 0 N–H and O–H groups in total. The van der Waals surface area contributed by atoms with E-state index >= 15 is 0 Å². The van der Waals surface area contributed by atoms with E-state index in [2.05, 4.69) is 180 Å². The van der Waals surface area contributed by atoms with E-state index in [-0.39, 0.29) is 0 Å². The molecule has 0 atom stereocenters. The quantitative estimate of drug-likeness (QED) is 0.184. The maximum Gasteiger partial charge on any atom is 0.0547 e. The summed E-state index contributed by atoms with van der Waals surface area (Å²) in [5, 5.41) is 10.3. The van der Waals surface area contributed by atoms with Crippen molar-refractivity contribution >= 4 is 65.9 Å². The van der Waals surface area contributed by atoms with E-state index in [0.29, 0.717) is 0 Å². The molecule has 0 fully saturated rings. The monoisotopic (exact) mass is 651 g/mol. The van der Waals surface area contributed by atoms with Crippen molar-refractivity contribution in [2.24, 2.45) is 0 Å². The van der Waals surface area contributed by atoms with E-state index < -0.39 is 0 Å². The Morgan fingerprint density at radius 3 is 1.54 bits per heavy atom. The van der Waals surface area contributed by atoms with Gasteiger partial charge in [-0.2, -0.15) is 0 Å². The van der Waals surface area contributed by atoms with Crippen molar-refractivity contribution in [3.8, 4) is 39.1 Å². The Bertz CT molecular complexity index is 2890. The summed E-state index contributed by atoms with van der Waals surface area (Å²) in [7, 11) is 0. The summed E-state index contributed by atoms with van der Waals surface area (Å²) in [6.07, 6.45) is 0. The highest BCUT2D eigenvalue weighted by atomic mass is 32.2. The van der Waals surface area contributed by atoms with Gasteiger partial charge in [-0.05, 0) is 109 Å². The Kier molecular flexibility index (Phi) is 5.96. The molecule has 0 aliphatic carbocycles. The van der Waals surface area contributed by atoms with Crippen molar-refractivity contribution in [1.82, 2.24) is 4.57 Å². The molecule has 0 unspecified atom stereocenters. The Balaban J connectivity index is 0.995. The van der Waals surface area contributed by atoms with Crippen LogP contribution >= 0.6 is 11.8 Å². The highest BCUT2D eigenvalue weighted by molar-refractivity contribution is 7.99. The first kappa shape index (κ1) is 27.8. The average Bonchev–Trinajstić information content (AvgIpc) is 3.48. The predicted molar refractivity (Wildman–Crippen MR) is 214 cm³/mol. The smallest absolute Gasteiger partial charge is 0.0547 e. The van der Waals surface area contributed by atoms with E-state index in [0.717, 1.165) is 0 Å². The van der Waals surface area contributed by atoms with Crippen LogP contribution in [-0.4, -0.2) is 4.57 Å². The number of nitrogens with zero attached hydrogens (tertiary/aromatic N) is 1. The molecule has 10 aromatic rings. The highest BCUT2D eigenvalue weighted by Gasteiger charge is 2.20. The molecule has 1 nitrogen and oxygen atoms in total. The Morgan fingerprint density at radius 1 is 0.340 bits per heavy atom. The van der Waals surface area contributed by atoms with E-state index in [1.54, 1.807) is 0 Å². The minimum atomic E-state index is 1.17. The van der Waals surface area contributed by atoms with Gasteiger partial charge in [0.05, 0.1) is 11.0 Å².